The SMILES string of the molecule is CCOC(=O)c1ccc(S(=O)(=O)N2CCC(C(=O)NC(C(N)=O)c3ccccc3)CC2)o1. The van der Waals surface area contributed by atoms with Crippen LogP contribution in [0.2, 0.25) is 0 Å². The summed E-state index contributed by atoms with van der Waals surface area (Å²) in [5, 5.41) is 2.30. The Morgan fingerprint density at radius 3 is 2.41 bits per heavy atom. The van der Waals surface area contributed by atoms with E-state index in [1.165, 1.54) is 16.4 Å². The number of primary amides is 1. The summed E-state index contributed by atoms with van der Waals surface area (Å²) in [5.41, 5.74) is 6.02. The zero-order chi connectivity index (χ0) is 23.3. The fourth-order valence-corrected chi connectivity index (χ4v) is 4.86. The molecule has 3 N–H and O–H groups in total. The normalized spacial score (nSPS) is 16.3. The van der Waals surface area contributed by atoms with E-state index >= 15 is 0 Å². The second-order valence-corrected chi connectivity index (χ2v) is 9.14. The molecule has 1 unspecified atom stereocenters. The molecule has 1 aromatic heterocycles. The molecular formula is C21H25N3O7S. The number of ether oxygens (including phenoxy) is 1. The second kappa shape index (κ2) is 9.96. The lowest BCUT2D eigenvalue weighted by Gasteiger charge is -2.30. The van der Waals surface area contributed by atoms with Crippen LogP contribution in [0.25, 0.3) is 0 Å². The minimum Gasteiger partial charge on any atom is -0.460 e. The first kappa shape index (κ1) is 23.5. The maximum Gasteiger partial charge on any atom is 0.374 e. The Morgan fingerprint density at radius 2 is 1.81 bits per heavy atom. The third kappa shape index (κ3) is 5.17. The van der Waals surface area contributed by atoms with Gasteiger partial charge in [0.15, 0.2) is 0 Å². The molecule has 1 aromatic carbocycles. The Labute approximate surface area is 185 Å². The van der Waals surface area contributed by atoms with Gasteiger partial charge in [-0.25, -0.2) is 13.2 Å². The van der Waals surface area contributed by atoms with Crippen molar-refractivity contribution in [2.45, 2.75) is 30.9 Å². The lowest BCUT2D eigenvalue weighted by molar-refractivity contribution is -0.130. The number of amides is 2. The molecule has 0 radical (unpaired) electrons. The van der Waals surface area contributed by atoms with Gasteiger partial charge >= 0.3 is 5.97 Å². The summed E-state index contributed by atoms with van der Waals surface area (Å²) in [6, 6.07) is 10.1. The molecule has 10 nitrogen and oxygen atoms in total. The molecular weight excluding hydrogens is 438 g/mol. The van der Waals surface area contributed by atoms with Crippen molar-refractivity contribution in [1.29, 1.82) is 0 Å². The number of furan rings is 1. The molecule has 1 aliphatic rings. The van der Waals surface area contributed by atoms with E-state index in [9.17, 15) is 22.8 Å². The molecule has 0 aliphatic carbocycles. The third-order valence-corrected chi connectivity index (χ3v) is 6.95. The van der Waals surface area contributed by atoms with Gasteiger partial charge in [-0.2, -0.15) is 4.31 Å². The van der Waals surface area contributed by atoms with E-state index in [1.54, 1.807) is 37.3 Å². The molecule has 2 heterocycles. The van der Waals surface area contributed by atoms with E-state index in [-0.39, 0.29) is 49.3 Å². The molecule has 0 saturated carbocycles. The van der Waals surface area contributed by atoms with E-state index in [2.05, 4.69) is 5.32 Å². The number of piperidine rings is 1. The van der Waals surface area contributed by atoms with Crippen molar-refractivity contribution < 1.29 is 32.0 Å². The number of hydrogen-bond acceptors (Lipinski definition) is 7. The number of esters is 1. The van der Waals surface area contributed by atoms with Crippen molar-refractivity contribution in [3.63, 3.8) is 0 Å². The van der Waals surface area contributed by atoms with Crippen LogP contribution in [0, 0.1) is 5.92 Å². The smallest absolute Gasteiger partial charge is 0.374 e. The maximum absolute atomic E-state index is 12.8. The van der Waals surface area contributed by atoms with Crippen LogP contribution in [0.5, 0.6) is 0 Å². The molecule has 3 rings (SSSR count). The summed E-state index contributed by atoms with van der Waals surface area (Å²) in [6.45, 7) is 1.94. The summed E-state index contributed by atoms with van der Waals surface area (Å²) in [6.07, 6.45) is 0.521. The molecule has 32 heavy (non-hydrogen) atoms. The average molecular weight is 464 g/mol. The molecule has 1 saturated heterocycles. The highest BCUT2D eigenvalue weighted by atomic mass is 32.2. The van der Waals surface area contributed by atoms with Crippen LogP contribution in [-0.2, 0) is 24.3 Å². The molecule has 2 amide bonds. The van der Waals surface area contributed by atoms with E-state index in [0.717, 1.165) is 0 Å². The lowest BCUT2D eigenvalue weighted by atomic mass is 9.96. The zero-order valence-corrected chi connectivity index (χ0v) is 18.3. The predicted octanol–water partition coefficient (Wildman–Crippen LogP) is 1.20. The van der Waals surface area contributed by atoms with Crippen LogP contribution in [0.1, 0.15) is 41.9 Å². The monoisotopic (exact) mass is 463 g/mol. The maximum atomic E-state index is 12.8. The number of rotatable bonds is 8. The minimum atomic E-state index is -3.97. The Balaban J connectivity index is 1.62. The quantitative estimate of drug-likeness (QED) is 0.559. The molecule has 1 aliphatic heterocycles. The fraction of sp³-hybridized carbons (Fsp3) is 0.381. The molecule has 11 heteroatoms. The summed E-state index contributed by atoms with van der Waals surface area (Å²) >= 11 is 0. The van der Waals surface area contributed by atoms with Crippen LogP contribution in [-0.4, -0.2) is 50.2 Å². The van der Waals surface area contributed by atoms with Gasteiger partial charge in [-0.1, -0.05) is 30.3 Å². The van der Waals surface area contributed by atoms with Crippen molar-refractivity contribution in [2.24, 2.45) is 11.7 Å². The van der Waals surface area contributed by atoms with Gasteiger partial charge in [-0.3, -0.25) is 9.59 Å². The molecule has 2 aromatic rings. The van der Waals surface area contributed by atoms with E-state index in [1.807, 2.05) is 0 Å². The number of nitrogens with zero attached hydrogens (tertiary/aromatic N) is 1. The highest BCUT2D eigenvalue weighted by molar-refractivity contribution is 7.89. The number of carbonyl (C=O) groups is 3. The van der Waals surface area contributed by atoms with Gasteiger partial charge in [0.1, 0.15) is 6.04 Å². The van der Waals surface area contributed by atoms with Crippen LogP contribution in [0.15, 0.2) is 52.0 Å². The number of sulfonamides is 1. The highest BCUT2D eigenvalue weighted by Crippen LogP contribution is 2.26. The summed E-state index contributed by atoms with van der Waals surface area (Å²) in [5.74, 6) is -2.46. The molecule has 172 valence electrons. The number of nitrogens with one attached hydrogen (secondary N) is 1. The van der Waals surface area contributed by atoms with Gasteiger partial charge in [-0.05, 0) is 37.5 Å². The van der Waals surface area contributed by atoms with Crippen molar-refractivity contribution in [2.75, 3.05) is 19.7 Å². The number of carbonyl (C=O) groups excluding carboxylic acids is 3. The summed E-state index contributed by atoms with van der Waals surface area (Å²) < 4.78 is 36.8. The molecule has 1 atom stereocenters. The van der Waals surface area contributed by atoms with E-state index < -0.39 is 33.9 Å². The minimum absolute atomic E-state index is 0.0857. The second-order valence-electron chi connectivity index (χ2n) is 7.27. The molecule has 1 fully saturated rings. The first-order valence-corrected chi connectivity index (χ1v) is 11.6. The highest BCUT2D eigenvalue weighted by Gasteiger charge is 2.35. The molecule has 0 spiro atoms. The summed E-state index contributed by atoms with van der Waals surface area (Å²) in [7, 11) is -3.97. The van der Waals surface area contributed by atoms with Crippen molar-refractivity contribution in [3.05, 3.63) is 53.8 Å². The van der Waals surface area contributed by atoms with Crippen LogP contribution in [0.3, 0.4) is 0 Å². The first-order chi connectivity index (χ1) is 15.2. The topological polar surface area (TPSA) is 149 Å². The number of nitrogens with two attached hydrogens (primary N) is 1. The van der Waals surface area contributed by atoms with Gasteiger partial charge < -0.3 is 20.2 Å². The number of benzene rings is 1. The van der Waals surface area contributed by atoms with Gasteiger partial charge in [-0.15, -0.1) is 0 Å². The average Bonchev–Trinajstić information content (AvgIpc) is 3.29. The Bertz CT molecular complexity index is 1070. The fourth-order valence-electron chi connectivity index (χ4n) is 3.48. The Kier molecular flexibility index (Phi) is 7.31. The Hall–Kier alpha value is -3.18. The lowest BCUT2D eigenvalue weighted by Crippen LogP contribution is -2.45. The van der Waals surface area contributed by atoms with Gasteiger partial charge in [0.2, 0.25) is 22.7 Å². The third-order valence-electron chi connectivity index (χ3n) is 5.18. The Morgan fingerprint density at radius 1 is 1.16 bits per heavy atom. The number of hydrogen-bond donors (Lipinski definition) is 2. The van der Waals surface area contributed by atoms with Gasteiger partial charge in [0.05, 0.1) is 6.61 Å². The van der Waals surface area contributed by atoms with E-state index in [0.29, 0.717) is 5.56 Å². The van der Waals surface area contributed by atoms with Crippen molar-refractivity contribution in [1.82, 2.24) is 9.62 Å². The van der Waals surface area contributed by atoms with Crippen LogP contribution >= 0.6 is 0 Å². The van der Waals surface area contributed by atoms with Crippen LogP contribution < -0.4 is 11.1 Å². The zero-order valence-electron chi connectivity index (χ0n) is 17.5. The first-order valence-electron chi connectivity index (χ1n) is 10.2. The summed E-state index contributed by atoms with van der Waals surface area (Å²) in [4.78, 5) is 36.2. The predicted molar refractivity (Wildman–Crippen MR) is 113 cm³/mol. The standard InChI is InChI=1S/C21H25N3O7S/c1-2-30-21(27)16-8-9-17(31-16)32(28,29)24-12-10-15(11-13-24)20(26)23-18(19(22)25)14-6-4-3-5-7-14/h3-9,15,18H,2,10-13H2,1H3,(H2,22,25)(H,23,26). The van der Waals surface area contributed by atoms with E-state index in [4.69, 9.17) is 14.9 Å². The van der Waals surface area contributed by atoms with Gasteiger partial charge in [0.25, 0.3) is 10.0 Å². The van der Waals surface area contributed by atoms with Crippen LogP contribution in [0.4, 0.5) is 0 Å². The van der Waals surface area contributed by atoms with Gasteiger partial charge in [0, 0.05) is 19.0 Å². The largest absolute Gasteiger partial charge is 0.460 e. The van der Waals surface area contributed by atoms with Crippen molar-refractivity contribution in [3.8, 4) is 0 Å². The van der Waals surface area contributed by atoms with Crippen molar-refractivity contribution >= 4 is 27.8 Å². The molecule has 0 bridgehead atoms.